The van der Waals surface area contributed by atoms with Crippen LogP contribution in [0.15, 0.2) is 4.42 Å². The zero-order chi connectivity index (χ0) is 10.9. The Morgan fingerprint density at radius 3 is 2.93 bits per heavy atom. The van der Waals surface area contributed by atoms with Gasteiger partial charge in [-0.2, -0.15) is 0 Å². The van der Waals surface area contributed by atoms with Gasteiger partial charge in [0.05, 0.1) is 5.41 Å². The number of anilines is 1. The third-order valence-electron chi connectivity index (χ3n) is 2.66. The van der Waals surface area contributed by atoms with Crippen molar-refractivity contribution in [2.24, 2.45) is 5.41 Å². The summed E-state index contributed by atoms with van der Waals surface area (Å²) in [6.45, 7) is 5.16. The van der Waals surface area contributed by atoms with Crippen LogP contribution in [-0.4, -0.2) is 29.2 Å². The molecule has 0 aromatic carbocycles. The van der Waals surface area contributed by atoms with Gasteiger partial charge in [0.25, 0.3) is 0 Å². The van der Waals surface area contributed by atoms with E-state index in [1.165, 1.54) is 0 Å². The predicted octanol–water partition coefficient (Wildman–Crippen LogP) is 0.316. The lowest BCUT2D eigenvalue weighted by atomic mass is 9.89. The van der Waals surface area contributed by atoms with Gasteiger partial charge in [0.2, 0.25) is 11.8 Å². The molecule has 1 aromatic heterocycles. The fourth-order valence-corrected chi connectivity index (χ4v) is 1.61. The number of carbonyl (C=O) groups excluding carboxylic acids is 1. The van der Waals surface area contributed by atoms with Gasteiger partial charge in [-0.3, -0.25) is 10.1 Å². The Morgan fingerprint density at radius 1 is 1.60 bits per heavy atom. The third-order valence-corrected chi connectivity index (χ3v) is 2.66. The van der Waals surface area contributed by atoms with E-state index in [4.69, 9.17) is 4.42 Å². The van der Waals surface area contributed by atoms with E-state index in [1.807, 2.05) is 6.92 Å². The monoisotopic (exact) mass is 210 g/mol. The minimum Gasteiger partial charge on any atom is -0.408 e. The minimum atomic E-state index is -0.373. The van der Waals surface area contributed by atoms with Gasteiger partial charge < -0.3 is 9.73 Å². The third kappa shape index (κ3) is 1.99. The fraction of sp³-hybridized carbons (Fsp3) is 0.667. The highest BCUT2D eigenvalue weighted by Crippen LogP contribution is 2.25. The number of rotatable bonds is 2. The molecule has 1 aliphatic heterocycles. The van der Waals surface area contributed by atoms with Crippen molar-refractivity contribution in [1.29, 1.82) is 0 Å². The van der Waals surface area contributed by atoms with Gasteiger partial charge in [-0.25, -0.2) is 0 Å². The highest BCUT2D eigenvalue weighted by molar-refractivity contribution is 5.93. The van der Waals surface area contributed by atoms with Crippen molar-refractivity contribution in [2.45, 2.75) is 20.3 Å². The first kappa shape index (κ1) is 10.1. The first-order chi connectivity index (χ1) is 7.10. The topological polar surface area (TPSA) is 80.0 Å². The summed E-state index contributed by atoms with van der Waals surface area (Å²) in [6, 6.07) is 0.172. The predicted molar refractivity (Wildman–Crippen MR) is 53.3 cm³/mol. The van der Waals surface area contributed by atoms with Crippen LogP contribution >= 0.6 is 0 Å². The van der Waals surface area contributed by atoms with Crippen molar-refractivity contribution in [1.82, 2.24) is 15.5 Å². The second-order valence-electron chi connectivity index (χ2n) is 4.07. The van der Waals surface area contributed by atoms with Crippen LogP contribution in [0, 0.1) is 12.3 Å². The summed E-state index contributed by atoms with van der Waals surface area (Å²) in [5.41, 5.74) is -0.373. The molecule has 1 fully saturated rings. The van der Waals surface area contributed by atoms with E-state index < -0.39 is 0 Å². The molecule has 0 spiro atoms. The average molecular weight is 210 g/mol. The van der Waals surface area contributed by atoms with Crippen LogP contribution in [0.1, 0.15) is 19.2 Å². The quantitative estimate of drug-likeness (QED) is 0.734. The van der Waals surface area contributed by atoms with Gasteiger partial charge in [-0.05, 0) is 19.9 Å². The molecule has 1 unspecified atom stereocenters. The first-order valence-electron chi connectivity index (χ1n) is 4.92. The second-order valence-corrected chi connectivity index (χ2v) is 4.07. The summed E-state index contributed by atoms with van der Waals surface area (Å²) in [5.74, 6) is 0.371. The molecule has 6 heteroatoms. The molecule has 2 heterocycles. The molecule has 2 rings (SSSR count). The Morgan fingerprint density at radius 2 is 2.40 bits per heavy atom. The molecule has 2 N–H and O–H groups in total. The van der Waals surface area contributed by atoms with Crippen LogP contribution in [0.5, 0.6) is 0 Å². The molecule has 1 atom stereocenters. The maximum Gasteiger partial charge on any atom is 0.322 e. The van der Waals surface area contributed by atoms with Crippen LogP contribution in [-0.2, 0) is 4.79 Å². The van der Waals surface area contributed by atoms with Crippen LogP contribution in [0.3, 0.4) is 0 Å². The Balaban J connectivity index is 2.03. The summed E-state index contributed by atoms with van der Waals surface area (Å²) >= 11 is 0. The number of aryl methyl sites for hydroxylation is 1. The molecule has 0 aliphatic carbocycles. The molecule has 1 saturated heterocycles. The summed E-state index contributed by atoms with van der Waals surface area (Å²) in [4.78, 5) is 11.9. The maximum atomic E-state index is 11.9. The van der Waals surface area contributed by atoms with E-state index in [1.54, 1.807) is 6.92 Å². The van der Waals surface area contributed by atoms with Gasteiger partial charge in [0.15, 0.2) is 0 Å². The lowest BCUT2D eigenvalue weighted by Crippen LogP contribution is -2.35. The van der Waals surface area contributed by atoms with Crippen molar-refractivity contribution in [2.75, 3.05) is 18.4 Å². The van der Waals surface area contributed by atoms with E-state index in [-0.39, 0.29) is 17.3 Å². The molecular weight excluding hydrogens is 196 g/mol. The summed E-state index contributed by atoms with van der Waals surface area (Å²) in [6.07, 6.45) is 0.825. The number of nitrogens with zero attached hydrogens (tertiary/aromatic N) is 2. The molecule has 1 amide bonds. The number of carbonyl (C=O) groups is 1. The standard InChI is InChI=1S/C9H14N4O2/c1-6-12-13-8(15-6)11-7(14)9(2)3-4-10-5-9/h10H,3-5H2,1-2H3,(H,11,13,14). The minimum absolute atomic E-state index is 0.0730. The van der Waals surface area contributed by atoms with Gasteiger partial charge >= 0.3 is 6.01 Å². The number of hydrogen-bond donors (Lipinski definition) is 2. The lowest BCUT2D eigenvalue weighted by molar-refractivity contribution is -0.123. The zero-order valence-corrected chi connectivity index (χ0v) is 8.83. The van der Waals surface area contributed by atoms with Crippen molar-refractivity contribution >= 4 is 11.9 Å². The van der Waals surface area contributed by atoms with Crippen molar-refractivity contribution in [3.63, 3.8) is 0 Å². The Hall–Kier alpha value is -1.43. The van der Waals surface area contributed by atoms with Crippen LogP contribution in [0.2, 0.25) is 0 Å². The van der Waals surface area contributed by atoms with Gasteiger partial charge in [-0.15, -0.1) is 5.10 Å². The fourth-order valence-electron chi connectivity index (χ4n) is 1.61. The number of amides is 1. The average Bonchev–Trinajstić information content (AvgIpc) is 2.76. The zero-order valence-electron chi connectivity index (χ0n) is 8.83. The van der Waals surface area contributed by atoms with Crippen molar-refractivity contribution < 1.29 is 9.21 Å². The SMILES string of the molecule is Cc1nnc(NC(=O)C2(C)CCNC2)o1. The molecule has 6 nitrogen and oxygen atoms in total. The van der Waals surface area contributed by atoms with Crippen molar-refractivity contribution in [3.05, 3.63) is 5.89 Å². The smallest absolute Gasteiger partial charge is 0.322 e. The van der Waals surface area contributed by atoms with Crippen LogP contribution in [0.4, 0.5) is 6.01 Å². The Kier molecular flexibility index (Phi) is 2.44. The van der Waals surface area contributed by atoms with Crippen LogP contribution < -0.4 is 10.6 Å². The second kappa shape index (κ2) is 3.62. The Labute approximate surface area is 87.4 Å². The van der Waals surface area contributed by atoms with Gasteiger partial charge in [-0.1, -0.05) is 5.10 Å². The normalized spacial score (nSPS) is 25.5. The van der Waals surface area contributed by atoms with E-state index in [0.717, 1.165) is 13.0 Å². The maximum absolute atomic E-state index is 11.9. The van der Waals surface area contributed by atoms with Crippen molar-refractivity contribution in [3.8, 4) is 0 Å². The summed E-state index contributed by atoms with van der Waals surface area (Å²) in [5, 5.41) is 13.1. The largest absolute Gasteiger partial charge is 0.408 e. The molecule has 1 aliphatic rings. The molecule has 0 bridgehead atoms. The number of hydrogen-bond acceptors (Lipinski definition) is 5. The number of nitrogens with one attached hydrogen (secondary N) is 2. The molecule has 0 radical (unpaired) electrons. The molecule has 0 saturated carbocycles. The molecule has 1 aromatic rings. The van der Waals surface area contributed by atoms with Gasteiger partial charge in [0.1, 0.15) is 0 Å². The van der Waals surface area contributed by atoms with E-state index in [2.05, 4.69) is 20.8 Å². The highest BCUT2D eigenvalue weighted by atomic mass is 16.4. The first-order valence-corrected chi connectivity index (χ1v) is 4.92. The Bertz CT molecular complexity index is 368. The molecule has 15 heavy (non-hydrogen) atoms. The molecule has 82 valence electrons. The van der Waals surface area contributed by atoms with E-state index >= 15 is 0 Å². The summed E-state index contributed by atoms with van der Waals surface area (Å²) < 4.78 is 5.08. The van der Waals surface area contributed by atoms with E-state index in [0.29, 0.717) is 12.4 Å². The van der Waals surface area contributed by atoms with Gasteiger partial charge in [0, 0.05) is 13.5 Å². The van der Waals surface area contributed by atoms with Crippen LogP contribution in [0.25, 0.3) is 0 Å². The lowest BCUT2D eigenvalue weighted by Gasteiger charge is -2.19. The number of aromatic nitrogens is 2. The summed E-state index contributed by atoms with van der Waals surface area (Å²) in [7, 11) is 0. The highest BCUT2D eigenvalue weighted by Gasteiger charge is 2.36. The van der Waals surface area contributed by atoms with E-state index in [9.17, 15) is 4.79 Å². The molecular formula is C9H14N4O2.